The molecule has 0 aliphatic carbocycles. The van der Waals surface area contributed by atoms with Gasteiger partial charge in [0, 0.05) is 0 Å². The first kappa shape index (κ1) is 25.8. The minimum atomic E-state index is 0. The molecule has 5 heterocycles. The summed E-state index contributed by atoms with van der Waals surface area (Å²) in [7, 11) is 0. The molecule has 42 heavy (non-hydrogen) atoms. The normalized spacial score (nSPS) is 11.5. The number of hydrogen-bond donors (Lipinski definition) is 0. The van der Waals surface area contributed by atoms with E-state index in [1.165, 1.54) is 0 Å². The van der Waals surface area contributed by atoms with Crippen LogP contribution in [0.5, 0.6) is 0 Å². The fourth-order valence-electron chi connectivity index (χ4n) is 5.66. The van der Waals surface area contributed by atoms with Crippen LogP contribution in [-0.4, -0.2) is 4.98 Å². The fourth-order valence-corrected chi connectivity index (χ4v) is 5.66. The van der Waals surface area contributed by atoms with E-state index in [-0.39, 0.29) is 17.1 Å². The smallest absolute Gasteiger partial charge is 0.658 e. The minimum Gasteiger partial charge on any atom is -0.658 e. The van der Waals surface area contributed by atoms with Crippen molar-refractivity contribution in [1.82, 2.24) is 19.9 Å². The van der Waals surface area contributed by atoms with Gasteiger partial charge < -0.3 is 15.0 Å². The SMILES string of the molecule is C1=Cc2nc1c(-c1ccccc1)c1ccc([n-]1)c(-c1ccccc1)c1ccc([n-]1)c1ccc([n-]1)c2-c1ccccc1.[Fe+4]. The predicted molar refractivity (Wildman–Crippen MR) is 168 cm³/mol. The predicted octanol–water partition coefficient (Wildman–Crippen LogP) is 8.58. The van der Waals surface area contributed by atoms with Crippen LogP contribution in [0.15, 0.2) is 127 Å². The third-order valence-corrected chi connectivity index (χ3v) is 7.55. The molecule has 198 valence electrons. The van der Waals surface area contributed by atoms with Crippen molar-refractivity contribution in [3.05, 3.63) is 139 Å². The van der Waals surface area contributed by atoms with Crippen LogP contribution in [0.3, 0.4) is 0 Å². The van der Waals surface area contributed by atoms with Crippen molar-refractivity contribution in [2.24, 2.45) is 0 Å². The standard InChI is InChI=1S/C37H23N4.Fe/c1-4-10-24(11-5-1)35-29-18-16-27(38-29)28-17-19-30(39-28)36(25-12-6-2-7-13-25)32-21-23-34(41-32)37(26-14-8-3-9-15-26)33-22-20-31(35)40-33;/h1-23H;/q-3;+4. The number of benzene rings is 3. The van der Waals surface area contributed by atoms with E-state index < -0.39 is 0 Å². The zero-order valence-electron chi connectivity index (χ0n) is 22.4. The van der Waals surface area contributed by atoms with Crippen molar-refractivity contribution in [1.29, 1.82) is 0 Å². The van der Waals surface area contributed by atoms with Gasteiger partial charge >= 0.3 is 17.1 Å². The van der Waals surface area contributed by atoms with E-state index in [0.717, 1.165) is 77.9 Å². The van der Waals surface area contributed by atoms with Crippen molar-refractivity contribution in [3.8, 4) is 33.4 Å². The van der Waals surface area contributed by atoms with Crippen molar-refractivity contribution in [3.63, 3.8) is 0 Å². The first-order chi connectivity index (χ1) is 20.3. The summed E-state index contributed by atoms with van der Waals surface area (Å²) in [5.74, 6) is 0. The van der Waals surface area contributed by atoms with E-state index in [1.54, 1.807) is 0 Å². The van der Waals surface area contributed by atoms with Crippen molar-refractivity contribution < 1.29 is 17.1 Å². The van der Waals surface area contributed by atoms with Gasteiger partial charge in [0.05, 0.1) is 11.4 Å². The van der Waals surface area contributed by atoms with Gasteiger partial charge in [-0.05, 0) is 45.5 Å². The van der Waals surface area contributed by atoms with Gasteiger partial charge in [0.25, 0.3) is 0 Å². The van der Waals surface area contributed by atoms with Crippen molar-refractivity contribution in [2.75, 3.05) is 0 Å². The van der Waals surface area contributed by atoms with Gasteiger partial charge in [-0.2, -0.15) is 11.0 Å². The van der Waals surface area contributed by atoms with Gasteiger partial charge in [-0.3, -0.25) is 0 Å². The second-order valence-corrected chi connectivity index (χ2v) is 10.1. The average Bonchev–Trinajstić information content (AvgIpc) is 3.84. The molecule has 8 rings (SSSR count). The quantitative estimate of drug-likeness (QED) is 0.197. The van der Waals surface area contributed by atoms with E-state index >= 15 is 0 Å². The molecule has 0 fully saturated rings. The summed E-state index contributed by atoms with van der Waals surface area (Å²) >= 11 is 0. The van der Waals surface area contributed by atoms with Gasteiger partial charge in [-0.1, -0.05) is 127 Å². The molecule has 7 aromatic rings. The molecule has 4 aromatic heterocycles. The maximum absolute atomic E-state index is 5.22. The summed E-state index contributed by atoms with van der Waals surface area (Å²) in [6.45, 7) is 0. The number of nitrogens with zero attached hydrogens (tertiary/aromatic N) is 4. The summed E-state index contributed by atoms with van der Waals surface area (Å²) < 4.78 is 0. The summed E-state index contributed by atoms with van der Waals surface area (Å²) in [6, 6.07) is 43.5. The molecule has 0 amide bonds. The molecule has 0 spiro atoms. The third kappa shape index (κ3) is 4.46. The molecule has 5 heteroatoms. The van der Waals surface area contributed by atoms with Crippen LogP contribution in [0.1, 0.15) is 11.4 Å². The minimum absolute atomic E-state index is 0. The molecule has 1 aliphatic heterocycles. The van der Waals surface area contributed by atoms with E-state index in [9.17, 15) is 0 Å². The van der Waals surface area contributed by atoms with Gasteiger partial charge in [0.15, 0.2) is 0 Å². The van der Waals surface area contributed by atoms with Gasteiger partial charge in [0.2, 0.25) is 0 Å². The molecule has 0 saturated heterocycles. The Morgan fingerprint density at radius 3 is 1.05 bits per heavy atom. The summed E-state index contributed by atoms with van der Waals surface area (Å²) in [5, 5.41) is 0. The van der Waals surface area contributed by atoms with Crippen molar-refractivity contribution in [2.45, 2.75) is 0 Å². The number of fused-ring (bicyclic) bond motifs is 9. The maximum Gasteiger partial charge on any atom is 4.00 e. The van der Waals surface area contributed by atoms with E-state index in [0.29, 0.717) is 0 Å². The molecular formula is C37H23FeN4+. The van der Waals surface area contributed by atoms with Crippen LogP contribution in [-0.2, 0) is 17.1 Å². The van der Waals surface area contributed by atoms with E-state index in [2.05, 4.69) is 109 Å². The zero-order valence-corrected chi connectivity index (χ0v) is 23.5. The molecule has 0 N–H and O–H groups in total. The second kappa shape index (κ2) is 10.7. The van der Waals surface area contributed by atoms with Crippen LogP contribution in [0, 0.1) is 0 Å². The topological polar surface area (TPSA) is 55.2 Å². The Morgan fingerprint density at radius 1 is 0.333 bits per heavy atom. The van der Waals surface area contributed by atoms with Gasteiger partial charge in [-0.25, -0.2) is 4.98 Å². The van der Waals surface area contributed by atoms with Gasteiger partial charge in [0.1, 0.15) is 0 Å². The molecular weight excluding hydrogens is 556 g/mol. The molecule has 0 radical (unpaired) electrons. The Balaban J connectivity index is 0.00000288. The van der Waals surface area contributed by atoms with E-state index in [4.69, 9.17) is 19.9 Å². The van der Waals surface area contributed by atoms with Crippen LogP contribution in [0.2, 0.25) is 0 Å². The fraction of sp³-hybridized carbons (Fsp3) is 0. The second-order valence-electron chi connectivity index (χ2n) is 10.1. The number of rotatable bonds is 3. The molecule has 3 aromatic carbocycles. The average molecular weight is 579 g/mol. The first-order valence-electron chi connectivity index (χ1n) is 13.7. The van der Waals surface area contributed by atoms with Crippen LogP contribution in [0.25, 0.3) is 78.6 Å². The van der Waals surface area contributed by atoms with Crippen molar-refractivity contribution >= 4 is 45.3 Å². The Hall–Kier alpha value is -5.09. The van der Waals surface area contributed by atoms with E-state index in [1.807, 2.05) is 30.3 Å². The Bertz CT molecular complexity index is 2190. The monoisotopic (exact) mass is 579 g/mol. The van der Waals surface area contributed by atoms with Gasteiger partial charge in [-0.15, -0.1) is 22.1 Å². The summed E-state index contributed by atoms with van der Waals surface area (Å²) in [5.41, 5.74) is 13.1. The number of hydrogen-bond acceptors (Lipinski definition) is 1. The first-order valence-corrected chi connectivity index (χ1v) is 13.7. The largest absolute Gasteiger partial charge is 4.00 e. The summed E-state index contributed by atoms with van der Waals surface area (Å²) in [6.07, 6.45) is 4.18. The van der Waals surface area contributed by atoms with Crippen LogP contribution in [0.4, 0.5) is 0 Å². The molecule has 4 nitrogen and oxygen atoms in total. The van der Waals surface area contributed by atoms with Crippen LogP contribution < -0.4 is 15.0 Å². The molecule has 8 bridgehead atoms. The summed E-state index contributed by atoms with van der Waals surface area (Å²) in [4.78, 5) is 20.6. The Kier molecular flexibility index (Phi) is 6.59. The molecule has 0 unspecified atom stereocenters. The molecule has 1 aliphatic rings. The Morgan fingerprint density at radius 2 is 0.643 bits per heavy atom. The van der Waals surface area contributed by atoms with Crippen LogP contribution >= 0.6 is 0 Å². The zero-order chi connectivity index (χ0) is 27.2. The molecule has 0 atom stereocenters. The number of aromatic nitrogens is 4. The third-order valence-electron chi connectivity index (χ3n) is 7.55. The maximum atomic E-state index is 5.22. The molecule has 0 saturated carbocycles. The Labute approximate surface area is 253 Å².